The first kappa shape index (κ1) is 17.7. The maximum absolute atomic E-state index is 5.53. The van der Waals surface area contributed by atoms with E-state index in [2.05, 4.69) is 55.3 Å². The number of hydrogen-bond donors (Lipinski definition) is 3. The Balaban J connectivity index is 2.94. The summed E-state index contributed by atoms with van der Waals surface area (Å²) in [5, 5.41) is 3.56. The van der Waals surface area contributed by atoms with E-state index in [9.17, 15) is 0 Å². The summed E-state index contributed by atoms with van der Waals surface area (Å²) in [6.07, 6.45) is 5.94. The Labute approximate surface area is 129 Å². The molecule has 0 spiro atoms. The molecule has 1 aromatic heterocycles. The minimum absolute atomic E-state index is 0.104. The van der Waals surface area contributed by atoms with Gasteiger partial charge in [-0.05, 0) is 12.8 Å². The van der Waals surface area contributed by atoms with Crippen LogP contribution in [0.25, 0.3) is 0 Å². The average molecular weight is 293 g/mol. The van der Waals surface area contributed by atoms with Crippen LogP contribution in [-0.2, 0) is 5.41 Å². The second-order valence-corrected chi connectivity index (χ2v) is 6.63. The van der Waals surface area contributed by atoms with Crippen LogP contribution < -0.4 is 16.6 Å². The molecular weight excluding hydrogens is 262 g/mol. The molecule has 5 heteroatoms. The van der Waals surface area contributed by atoms with Crippen LogP contribution in [0.2, 0.25) is 0 Å². The number of aromatic nitrogens is 2. The molecule has 1 heterocycles. The lowest BCUT2D eigenvalue weighted by atomic mass is 9.96. The maximum Gasteiger partial charge on any atom is 0.145 e. The van der Waals surface area contributed by atoms with E-state index in [4.69, 9.17) is 5.84 Å². The molecular formula is C16H31N5. The molecule has 0 saturated heterocycles. The fraction of sp³-hybridized carbons (Fsp3) is 0.750. The standard InChI is InChI=1S/C16H31N5/c1-6-8-10-12(9-7-2)18-13-11-14(21-17)20-15(19-13)16(3,4)5/h11-12H,6-10,17H2,1-5H3,(H2,18,19,20,21). The Kier molecular flexibility index (Phi) is 6.89. The summed E-state index contributed by atoms with van der Waals surface area (Å²) in [5.74, 6) is 7.84. The number of nitrogens with one attached hydrogen (secondary N) is 2. The molecule has 120 valence electrons. The van der Waals surface area contributed by atoms with Gasteiger partial charge in [-0.3, -0.25) is 0 Å². The lowest BCUT2D eigenvalue weighted by Gasteiger charge is -2.22. The van der Waals surface area contributed by atoms with Crippen LogP contribution in [0.4, 0.5) is 11.6 Å². The van der Waals surface area contributed by atoms with Gasteiger partial charge in [0.25, 0.3) is 0 Å². The summed E-state index contributed by atoms with van der Waals surface area (Å²) in [6.45, 7) is 10.8. The van der Waals surface area contributed by atoms with E-state index in [-0.39, 0.29) is 5.41 Å². The monoisotopic (exact) mass is 293 g/mol. The van der Waals surface area contributed by atoms with E-state index in [1.165, 1.54) is 25.7 Å². The molecule has 0 aliphatic carbocycles. The van der Waals surface area contributed by atoms with Gasteiger partial charge in [0.2, 0.25) is 0 Å². The van der Waals surface area contributed by atoms with E-state index in [1.807, 2.05) is 6.07 Å². The van der Waals surface area contributed by atoms with Gasteiger partial charge in [-0.2, -0.15) is 0 Å². The summed E-state index contributed by atoms with van der Waals surface area (Å²) in [6, 6.07) is 2.34. The van der Waals surface area contributed by atoms with Gasteiger partial charge in [-0.25, -0.2) is 15.8 Å². The summed E-state index contributed by atoms with van der Waals surface area (Å²) >= 11 is 0. The van der Waals surface area contributed by atoms with Crippen molar-refractivity contribution in [3.05, 3.63) is 11.9 Å². The average Bonchev–Trinajstić information content (AvgIpc) is 2.43. The first-order chi connectivity index (χ1) is 9.90. The van der Waals surface area contributed by atoms with Gasteiger partial charge >= 0.3 is 0 Å². The molecule has 0 aliphatic rings. The van der Waals surface area contributed by atoms with Gasteiger partial charge in [0.05, 0.1) is 0 Å². The zero-order chi connectivity index (χ0) is 15.9. The summed E-state index contributed by atoms with van der Waals surface area (Å²) in [4.78, 5) is 9.12. The van der Waals surface area contributed by atoms with Gasteiger partial charge < -0.3 is 10.7 Å². The van der Waals surface area contributed by atoms with Crippen LogP contribution in [0, 0.1) is 0 Å². The van der Waals surface area contributed by atoms with E-state index < -0.39 is 0 Å². The van der Waals surface area contributed by atoms with E-state index in [0.717, 1.165) is 18.1 Å². The number of anilines is 2. The number of nitrogens with two attached hydrogens (primary N) is 1. The topological polar surface area (TPSA) is 75.9 Å². The van der Waals surface area contributed by atoms with E-state index in [1.54, 1.807) is 0 Å². The number of hydrazine groups is 1. The fourth-order valence-electron chi connectivity index (χ4n) is 2.23. The molecule has 21 heavy (non-hydrogen) atoms. The fourth-order valence-corrected chi connectivity index (χ4v) is 2.23. The van der Waals surface area contributed by atoms with Gasteiger partial charge in [0.1, 0.15) is 17.5 Å². The normalized spacial score (nSPS) is 13.0. The molecule has 4 N–H and O–H groups in total. The second-order valence-electron chi connectivity index (χ2n) is 6.63. The van der Waals surface area contributed by atoms with Crippen molar-refractivity contribution in [2.75, 3.05) is 10.7 Å². The van der Waals surface area contributed by atoms with Crippen molar-refractivity contribution in [3.8, 4) is 0 Å². The predicted molar refractivity (Wildman–Crippen MR) is 90.4 cm³/mol. The molecule has 1 unspecified atom stereocenters. The summed E-state index contributed by atoms with van der Waals surface area (Å²) in [5.41, 5.74) is 2.53. The molecule has 0 saturated carbocycles. The Hall–Kier alpha value is -1.36. The molecule has 1 aromatic rings. The quantitative estimate of drug-likeness (QED) is 0.501. The van der Waals surface area contributed by atoms with Crippen LogP contribution in [0.5, 0.6) is 0 Å². The van der Waals surface area contributed by atoms with Crippen molar-refractivity contribution in [2.24, 2.45) is 5.84 Å². The molecule has 0 radical (unpaired) electrons. The number of hydrogen-bond acceptors (Lipinski definition) is 5. The number of unbranched alkanes of at least 4 members (excludes halogenated alkanes) is 1. The zero-order valence-electron chi connectivity index (χ0n) is 14.2. The number of nitrogen functional groups attached to an aromatic ring is 1. The van der Waals surface area contributed by atoms with Crippen molar-refractivity contribution in [3.63, 3.8) is 0 Å². The van der Waals surface area contributed by atoms with Crippen LogP contribution >= 0.6 is 0 Å². The second kappa shape index (κ2) is 8.17. The third-order valence-electron chi connectivity index (χ3n) is 3.44. The van der Waals surface area contributed by atoms with Gasteiger partial charge in [-0.15, -0.1) is 0 Å². The molecule has 1 atom stereocenters. The van der Waals surface area contributed by atoms with Gasteiger partial charge in [0.15, 0.2) is 0 Å². The molecule has 0 amide bonds. The Bertz CT molecular complexity index is 425. The Morgan fingerprint density at radius 2 is 1.76 bits per heavy atom. The van der Waals surface area contributed by atoms with Gasteiger partial charge in [0, 0.05) is 17.5 Å². The largest absolute Gasteiger partial charge is 0.367 e. The van der Waals surface area contributed by atoms with Gasteiger partial charge in [-0.1, -0.05) is 53.9 Å². The minimum Gasteiger partial charge on any atom is -0.367 e. The third kappa shape index (κ3) is 5.87. The van der Waals surface area contributed by atoms with E-state index >= 15 is 0 Å². The minimum atomic E-state index is -0.104. The third-order valence-corrected chi connectivity index (χ3v) is 3.44. The number of nitrogens with zero attached hydrogens (tertiary/aromatic N) is 2. The molecule has 0 aromatic carbocycles. The van der Waals surface area contributed by atoms with Crippen LogP contribution in [0.3, 0.4) is 0 Å². The zero-order valence-corrected chi connectivity index (χ0v) is 14.2. The highest BCUT2D eigenvalue weighted by Crippen LogP contribution is 2.23. The smallest absolute Gasteiger partial charge is 0.145 e. The predicted octanol–water partition coefficient (Wildman–Crippen LogP) is 3.83. The van der Waals surface area contributed by atoms with Crippen LogP contribution in [0.15, 0.2) is 6.07 Å². The first-order valence-electron chi connectivity index (χ1n) is 8.03. The lowest BCUT2D eigenvalue weighted by molar-refractivity contribution is 0.540. The molecule has 0 bridgehead atoms. The summed E-state index contributed by atoms with van der Waals surface area (Å²) in [7, 11) is 0. The molecule has 0 aliphatic heterocycles. The van der Waals surface area contributed by atoms with Crippen molar-refractivity contribution in [1.82, 2.24) is 9.97 Å². The SMILES string of the molecule is CCCCC(CCC)Nc1cc(NN)nc(C(C)(C)C)n1. The van der Waals surface area contributed by atoms with E-state index in [0.29, 0.717) is 11.9 Å². The maximum atomic E-state index is 5.53. The Morgan fingerprint density at radius 3 is 2.29 bits per heavy atom. The first-order valence-corrected chi connectivity index (χ1v) is 8.03. The van der Waals surface area contributed by atoms with Crippen LogP contribution in [0.1, 0.15) is 72.5 Å². The highest BCUT2D eigenvalue weighted by atomic mass is 15.3. The van der Waals surface area contributed by atoms with Crippen molar-refractivity contribution < 1.29 is 0 Å². The number of rotatable bonds is 8. The van der Waals surface area contributed by atoms with Crippen LogP contribution in [-0.4, -0.2) is 16.0 Å². The molecule has 5 nitrogen and oxygen atoms in total. The molecule has 1 rings (SSSR count). The van der Waals surface area contributed by atoms with Crippen molar-refractivity contribution in [2.45, 2.75) is 78.2 Å². The van der Waals surface area contributed by atoms with Crippen molar-refractivity contribution >= 4 is 11.6 Å². The lowest BCUT2D eigenvalue weighted by Crippen LogP contribution is -2.23. The highest BCUT2D eigenvalue weighted by molar-refractivity contribution is 5.48. The summed E-state index contributed by atoms with van der Waals surface area (Å²) < 4.78 is 0. The van der Waals surface area contributed by atoms with Crippen molar-refractivity contribution in [1.29, 1.82) is 0 Å². The highest BCUT2D eigenvalue weighted by Gasteiger charge is 2.19. The molecule has 0 fully saturated rings. The Morgan fingerprint density at radius 1 is 1.10 bits per heavy atom.